The maximum atomic E-state index is 12.0. The molecule has 1 nitrogen and oxygen atoms in total. The van der Waals surface area contributed by atoms with Gasteiger partial charge in [0.1, 0.15) is 5.78 Å². The molecule has 0 aromatic heterocycles. The largest absolute Gasteiger partial charge is 0.300 e. The summed E-state index contributed by atoms with van der Waals surface area (Å²) in [7, 11) is 0. The normalized spacial score (nSPS) is 18.8. The van der Waals surface area contributed by atoms with Crippen molar-refractivity contribution in [1.29, 1.82) is 0 Å². The summed E-state index contributed by atoms with van der Waals surface area (Å²) >= 11 is 3.81. The summed E-state index contributed by atoms with van der Waals surface area (Å²) in [5.41, 5.74) is 0. The minimum atomic E-state index is -0.0290. The lowest BCUT2D eigenvalue weighted by atomic mass is 9.86. The van der Waals surface area contributed by atoms with E-state index >= 15 is 0 Å². The Bertz CT molecular complexity index is 598. The first-order valence-electron chi connectivity index (χ1n) is 8.15. The van der Waals surface area contributed by atoms with E-state index in [1.807, 2.05) is 23.5 Å². The third-order valence-corrected chi connectivity index (χ3v) is 7.34. The maximum Gasteiger partial charge on any atom is 0.133 e. The van der Waals surface area contributed by atoms with Crippen LogP contribution in [0.2, 0.25) is 0 Å². The topological polar surface area (TPSA) is 17.1 Å². The molecule has 0 radical (unpaired) electrons. The molecule has 0 bridgehead atoms. The molecular formula is C20H22OS2. The lowest BCUT2D eigenvalue weighted by molar-refractivity contribution is -0.121. The van der Waals surface area contributed by atoms with Crippen LogP contribution in [0.1, 0.15) is 32.6 Å². The summed E-state index contributed by atoms with van der Waals surface area (Å²) in [6, 6.07) is 21.1. The zero-order valence-electron chi connectivity index (χ0n) is 13.4. The maximum absolute atomic E-state index is 12.0. The van der Waals surface area contributed by atoms with Gasteiger partial charge in [0.2, 0.25) is 0 Å². The van der Waals surface area contributed by atoms with E-state index in [0.29, 0.717) is 11.7 Å². The van der Waals surface area contributed by atoms with Crippen LogP contribution in [0.3, 0.4) is 0 Å². The van der Waals surface area contributed by atoms with Crippen molar-refractivity contribution in [3.05, 3.63) is 60.7 Å². The van der Waals surface area contributed by atoms with Crippen LogP contribution in [0.5, 0.6) is 0 Å². The van der Waals surface area contributed by atoms with E-state index in [-0.39, 0.29) is 4.08 Å². The average Bonchev–Trinajstić information content (AvgIpc) is 2.56. The molecule has 1 aliphatic rings. The Kier molecular flexibility index (Phi) is 5.50. The molecule has 0 amide bonds. The van der Waals surface area contributed by atoms with Gasteiger partial charge >= 0.3 is 0 Å². The van der Waals surface area contributed by atoms with E-state index in [4.69, 9.17) is 0 Å². The quantitative estimate of drug-likeness (QED) is 0.486. The number of ketones is 1. The molecule has 0 heterocycles. The van der Waals surface area contributed by atoms with Crippen molar-refractivity contribution < 1.29 is 4.79 Å². The number of Topliss-reactive ketones (excluding diaryl/α,β-unsaturated/α-hetero) is 1. The molecule has 0 N–H and O–H groups in total. The number of hydrogen-bond acceptors (Lipinski definition) is 3. The van der Waals surface area contributed by atoms with Gasteiger partial charge in [0.15, 0.2) is 0 Å². The molecule has 2 aromatic rings. The fraction of sp³-hybridized carbons (Fsp3) is 0.350. The monoisotopic (exact) mass is 342 g/mol. The fourth-order valence-corrected chi connectivity index (χ4v) is 6.11. The van der Waals surface area contributed by atoms with Crippen LogP contribution in [0.15, 0.2) is 70.5 Å². The molecule has 0 aliphatic heterocycles. The molecule has 1 atom stereocenters. The van der Waals surface area contributed by atoms with Gasteiger partial charge in [-0.15, -0.1) is 23.5 Å². The van der Waals surface area contributed by atoms with Crippen molar-refractivity contribution in [3.63, 3.8) is 0 Å². The van der Waals surface area contributed by atoms with Gasteiger partial charge in [0.05, 0.1) is 4.08 Å². The van der Waals surface area contributed by atoms with Crippen LogP contribution >= 0.6 is 23.5 Å². The molecule has 3 rings (SSSR count). The van der Waals surface area contributed by atoms with E-state index in [0.717, 1.165) is 25.7 Å². The van der Waals surface area contributed by atoms with Gasteiger partial charge in [-0.1, -0.05) is 36.4 Å². The van der Waals surface area contributed by atoms with Crippen molar-refractivity contribution in [1.82, 2.24) is 0 Å². The van der Waals surface area contributed by atoms with Crippen LogP contribution in [0.4, 0.5) is 0 Å². The number of carbonyl (C=O) groups is 1. The Hall–Kier alpha value is -1.19. The molecule has 2 aromatic carbocycles. The van der Waals surface area contributed by atoms with Crippen LogP contribution in [-0.4, -0.2) is 9.86 Å². The molecule has 120 valence electrons. The highest BCUT2D eigenvalue weighted by Gasteiger charge is 2.39. The van der Waals surface area contributed by atoms with Crippen molar-refractivity contribution in [2.45, 2.75) is 46.5 Å². The SMILES string of the molecule is CC(Sc1ccccc1)(Sc1ccccc1)C1CCCC(=O)C1. The van der Waals surface area contributed by atoms with Gasteiger partial charge in [0, 0.05) is 22.6 Å². The Morgan fingerprint density at radius 3 is 1.91 bits per heavy atom. The minimum absolute atomic E-state index is 0.0290. The van der Waals surface area contributed by atoms with Gasteiger partial charge in [-0.3, -0.25) is 4.79 Å². The van der Waals surface area contributed by atoms with Gasteiger partial charge < -0.3 is 0 Å². The third kappa shape index (κ3) is 4.42. The van der Waals surface area contributed by atoms with E-state index in [1.54, 1.807) is 0 Å². The fourth-order valence-electron chi connectivity index (χ4n) is 3.10. The second kappa shape index (κ2) is 7.59. The standard InChI is InChI=1S/C20H22OS2/c1-20(16-9-8-10-17(21)15-16,22-18-11-4-2-5-12-18)23-19-13-6-3-7-14-19/h2-7,11-14,16H,8-10,15H2,1H3. The number of hydrogen-bond donors (Lipinski definition) is 0. The Morgan fingerprint density at radius 1 is 0.913 bits per heavy atom. The van der Waals surface area contributed by atoms with E-state index in [9.17, 15) is 4.79 Å². The zero-order chi connectivity index (χ0) is 16.1. The highest BCUT2D eigenvalue weighted by atomic mass is 32.2. The highest BCUT2D eigenvalue weighted by molar-refractivity contribution is 8.18. The first-order valence-corrected chi connectivity index (χ1v) is 9.79. The number of carbonyl (C=O) groups excluding carboxylic acids is 1. The van der Waals surface area contributed by atoms with Gasteiger partial charge in [-0.05, 0) is 49.9 Å². The predicted octanol–water partition coefficient (Wildman–Crippen LogP) is 6.05. The van der Waals surface area contributed by atoms with E-state index in [2.05, 4.69) is 67.6 Å². The zero-order valence-corrected chi connectivity index (χ0v) is 15.0. The van der Waals surface area contributed by atoms with E-state index in [1.165, 1.54) is 9.79 Å². The molecule has 1 unspecified atom stereocenters. The van der Waals surface area contributed by atoms with Gasteiger partial charge in [-0.25, -0.2) is 0 Å². The molecule has 1 aliphatic carbocycles. The highest BCUT2D eigenvalue weighted by Crippen LogP contribution is 2.53. The summed E-state index contributed by atoms with van der Waals surface area (Å²) in [5.74, 6) is 0.842. The van der Waals surface area contributed by atoms with E-state index < -0.39 is 0 Å². The average molecular weight is 343 g/mol. The summed E-state index contributed by atoms with van der Waals surface area (Å²) in [4.78, 5) is 14.6. The molecular weight excluding hydrogens is 320 g/mol. The molecule has 0 saturated heterocycles. The second-order valence-electron chi connectivity index (χ2n) is 6.18. The number of thioether (sulfide) groups is 2. The smallest absolute Gasteiger partial charge is 0.133 e. The summed E-state index contributed by atoms with van der Waals surface area (Å²) in [6.45, 7) is 2.31. The van der Waals surface area contributed by atoms with Crippen molar-refractivity contribution in [2.24, 2.45) is 5.92 Å². The van der Waals surface area contributed by atoms with Crippen molar-refractivity contribution >= 4 is 29.3 Å². The first kappa shape index (κ1) is 16.7. The van der Waals surface area contributed by atoms with Crippen LogP contribution in [0, 0.1) is 5.92 Å². The van der Waals surface area contributed by atoms with Gasteiger partial charge in [-0.2, -0.15) is 0 Å². The van der Waals surface area contributed by atoms with Crippen LogP contribution < -0.4 is 0 Å². The second-order valence-corrected chi connectivity index (χ2v) is 9.48. The van der Waals surface area contributed by atoms with Crippen molar-refractivity contribution in [3.8, 4) is 0 Å². The first-order chi connectivity index (χ1) is 11.2. The summed E-state index contributed by atoms with van der Waals surface area (Å²) < 4.78 is -0.0290. The summed E-state index contributed by atoms with van der Waals surface area (Å²) in [5, 5.41) is 0. The molecule has 3 heteroatoms. The lowest BCUT2D eigenvalue weighted by Crippen LogP contribution is -2.32. The van der Waals surface area contributed by atoms with Crippen LogP contribution in [0.25, 0.3) is 0 Å². The summed E-state index contributed by atoms with van der Waals surface area (Å²) in [6.07, 6.45) is 3.65. The Morgan fingerprint density at radius 2 is 1.43 bits per heavy atom. The number of benzene rings is 2. The Labute approximate surface area is 147 Å². The van der Waals surface area contributed by atoms with Crippen molar-refractivity contribution in [2.75, 3.05) is 0 Å². The minimum Gasteiger partial charge on any atom is -0.300 e. The molecule has 1 fully saturated rings. The van der Waals surface area contributed by atoms with Crippen LogP contribution in [-0.2, 0) is 4.79 Å². The Balaban J connectivity index is 1.86. The van der Waals surface area contributed by atoms with Gasteiger partial charge in [0.25, 0.3) is 0 Å². The molecule has 23 heavy (non-hydrogen) atoms. The third-order valence-electron chi connectivity index (χ3n) is 4.35. The lowest BCUT2D eigenvalue weighted by Gasteiger charge is -2.38. The molecule has 0 spiro atoms. The number of rotatable bonds is 5. The molecule has 1 saturated carbocycles. The predicted molar refractivity (Wildman–Crippen MR) is 100.0 cm³/mol.